The standard InChI is InChI=1S/C23H21ClF6N4O2S/c1-34(16-10-17(22(25,26)27)32-15-8-3-11(24)9-14(15)16)13-6-4-12(5-7-13)31-20(35)18-19(23(28,29)30)33-21(36-2)37-18/h3,8-10,12-13H,4-7H2,1-2H3,(H,31,35). The lowest BCUT2D eigenvalue weighted by molar-refractivity contribution is -0.141. The number of nitrogens with one attached hydrogen (secondary N) is 1. The summed E-state index contributed by atoms with van der Waals surface area (Å²) in [5, 5.41) is 3.18. The molecule has 0 atom stereocenters. The summed E-state index contributed by atoms with van der Waals surface area (Å²) in [4.78, 5) is 20.9. The Bertz CT molecular complexity index is 1300. The molecule has 1 N–H and O–H groups in total. The summed E-state index contributed by atoms with van der Waals surface area (Å²) in [5.74, 6) is -0.894. The topological polar surface area (TPSA) is 67.3 Å². The highest BCUT2D eigenvalue weighted by Gasteiger charge is 2.40. The number of methoxy groups -OCH3 is 1. The molecule has 1 aliphatic carbocycles. The molecule has 1 fully saturated rings. The molecule has 2 heterocycles. The van der Waals surface area contributed by atoms with Gasteiger partial charge in [-0.2, -0.15) is 31.3 Å². The Morgan fingerprint density at radius 3 is 2.35 bits per heavy atom. The van der Waals surface area contributed by atoms with Gasteiger partial charge in [0.05, 0.1) is 12.6 Å². The first kappa shape index (κ1) is 27.2. The predicted octanol–water partition coefficient (Wildman–Crippen LogP) is 6.57. The molecule has 1 aromatic carbocycles. The first-order valence-corrected chi connectivity index (χ1v) is 12.3. The summed E-state index contributed by atoms with van der Waals surface area (Å²) in [7, 11) is 2.84. The van der Waals surface area contributed by atoms with Crippen molar-refractivity contribution < 1.29 is 35.9 Å². The van der Waals surface area contributed by atoms with E-state index in [1.807, 2.05) is 0 Å². The highest BCUT2D eigenvalue weighted by molar-refractivity contribution is 7.15. The van der Waals surface area contributed by atoms with Crippen LogP contribution in [-0.2, 0) is 12.4 Å². The van der Waals surface area contributed by atoms with Crippen LogP contribution in [0.15, 0.2) is 24.3 Å². The van der Waals surface area contributed by atoms with Gasteiger partial charge >= 0.3 is 12.4 Å². The zero-order valence-corrected chi connectivity index (χ0v) is 21.1. The number of carbonyl (C=O) groups excluding carboxylic acids is 1. The smallest absolute Gasteiger partial charge is 0.435 e. The van der Waals surface area contributed by atoms with Crippen molar-refractivity contribution in [2.75, 3.05) is 19.1 Å². The maximum Gasteiger partial charge on any atom is 0.435 e. The Kier molecular flexibility index (Phi) is 7.48. The number of hydrogen-bond acceptors (Lipinski definition) is 6. The SMILES string of the molecule is COc1nc(C(F)(F)F)c(C(=O)NC2CCC(N(C)c3cc(C(F)(F)F)nc4ccc(Cl)cc34)CC2)s1. The molecule has 4 rings (SSSR count). The van der Waals surface area contributed by atoms with Crippen molar-refractivity contribution >= 4 is 45.4 Å². The van der Waals surface area contributed by atoms with Crippen LogP contribution in [-0.4, -0.2) is 42.1 Å². The van der Waals surface area contributed by atoms with Crippen LogP contribution >= 0.6 is 22.9 Å². The number of nitrogens with zero attached hydrogens (tertiary/aromatic N) is 3. The number of aromatic nitrogens is 2. The summed E-state index contributed by atoms with van der Waals surface area (Å²) >= 11 is 6.60. The number of rotatable bonds is 5. The van der Waals surface area contributed by atoms with Crippen molar-refractivity contribution in [2.45, 2.75) is 50.1 Å². The van der Waals surface area contributed by atoms with Crippen molar-refractivity contribution in [2.24, 2.45) is 0 Å². The maximum atomic E-state index is 13.5. The normalized spacial score (nSPS) is 18.6. The minimum absolute atomic E-state index is 0.155. The lowest BCUT2D eigenvalue weighted by atomic mass is 9.89. The molecule has 37 heavy (non-hydrogen) atoms. The maximum absolute atomic E-state index is 13.5. The number of alkyl halides is 6. The number of hydrogen-bond donors (Lipinski definition) is 1. The molecule has 1 amide bonds. The zero-order valence-electron chi connectivity index (χ0n) is 19.5. The van der Waals surface area contributed by atoms with Gasteiger partial charge in [0.1, 0.15) is 10.6 Å². The molecule has 0 saturated heterocycles. The molecule has 0 spiro atoms. The monoisotopic (exact) mass is 566 g/mol. The van der Waals surface area contributed by atoms with Gasteiger partial charge in [0.15, 0.2) is 5.69 Å². The van der Waals surface area contributed by atoms with Gasteiger partial charge in [0.25, 0.3) is 11.1 Å². The molecular weight excluding hydrogens is 546 g/mol. The van der Waals surface area contributed by atoms with Crippen molar-refractivity contribution in [3.8, 4) is 5.19 Å². The van der Waals surface area contributed by atoms with E-state index in [2.05, 4.69) is 15.3 Å². The number of pyridine rings is 1. The Hall–Kier alpha value is -2.80. The van der Waals surface area contributed by atoms with Gasteiger partial charge < -0.3 is 15.0 Å². The molecule has 2 aromatic heterocycles. The molecular formula is C23H21ClF6N4O2S. The van der Waals surface area contributed by atoms with Gasteiger partial charge in [0.2, 0.25) is 0 Å². The average Bonchev–Trinajstić information content (AvgIpc) is 3.28. The van der Waals surface area contributed by atoms with E-state index in [1.165, 1.54) is 12.1 Å². The molecule has 200 valence electrons. The third-order valence-corrected chi connectivity index (χ3v) is 7.51. The highest BCUT2D eigenvalue weighted by Crippen LogP contribution is 2.39. The van der Waals surface area contributed by atoms with Crippen molar-refractivity contribution in [3.63, 3.8) is 0 Å². The van der Waals surface area contributed by atoms with Crippen LogP contribution in [0.1, 0.15) is 46.7 Å². The summed E-state index contributed by atoms with van der Waals surface area (Å²) in [5.41, 5.74) is -1.85. The Balaban J connectivity index is 1.49. The van der Waals surface area contributed by atoms with Crippen LogP contribution in [0.3, 0.4) is 0 Å². The van der Waals surface area contributed by atoms with E-state index in [0.29, 0.717) is 53.1 Å². The third-order valence-electron chi connectivity index (χ3n) is 6.26. The zero-order chi connectivity index (χ0) is 27.1. The highest BCUT2D eigenvalue weighted by atomic mass is 35.5. The van der Waals surface area contributed by atoms with Crippen LogP contribution in [0.25, 0.3) is 10.9 Å². The van der Waals surface area contributed by atoms with Crippen molar-refractivity contribution in [1.29, 1.82) is 0 Å². The van der Waals surface area contributed by atoms with E-state index in [9.17, 15) is 31.1 Å². The summed E-state index contributed by atoms with van der Waals surface area (Å²) < 4.78 is 85.1. The lowest BCUT2D eigenvalue weighted by Gasteiger charge is -2.37. The number of amides is 1. The van der Waals surface area contributed by atoms with Crippen LogP contribution < -0.4 is 15.0 Å². The third kappa shape index (κ3) is 5.87. The number of benzene rings is 1. The van der Waals surface area contributed by atoms with Gasteiger partial charge in [-0.1, -0.05) is 22.9 Å². The van der Waals surface area contributed by atoms with Crippen LogP contribution in [0.4, 0.5) is 32.0 Å². The second-order valence-corrected chi connectivity index (χ2v) is 10.0. The Labute approximate surface area is 216 Å². The summed E-state index contributed by atoms with van der Waals surface area (Å²) in [6.45, 7) is 0. The summed E-state index contributed by atoms with van der Waals surface area (Å²) in [6, 6.07) is 4.87. The number of thiazole rings is 1. The fourth-order valence-corrected chi connectivity index (χ4v) is 5.38. The molecule has 3 aromatic rings. The molecule has 6 nitrogen and oxygen atoms in total. The number of halogens is 7. The van der Waals surface area contributed by atoms with E-state index >= 15 is 0 Å². The lowest BCUT2D eigenvalue weighted by Crippen LogP contribution is -2.43. The van der Waals surface area contributed by atoms with E-state index in [-0.39, 0.29) is 16.8 Å². The first-order valence-electron chi connectivity index (χ1n) is 11.1. The van der Waals surface area contributed by atoms with Gasteiger partial charge in [-0.05, 0) is 49.9 Å². The second kappa shape index (κ2) is 10.2. The molecule has 14 heteroatoms. The number of anilines is 1. The van der Waals surface area contributed by atoms with Gasteiger partial charge in [-0.15, -0.1) is 0 Å². The molecule has 0 bridgehead atoms. The fraction of sp³-hybridized carbons (Fsp3) is 0.435. The predicted molar refractivity (Wildman–Crippen MR) is 127 cm³/mol. The summed E-state index contributed by atoms with van der Waals surface area (Å²) in [6.07, 6.45) is -7.62. The largest absolute Gasteiger partial charge is 0.473 e. The van der Waals surface area contributed by atoms with Crippen molar-refractivity contribution in [3.05, 3.63) is 45.6 Å². The van der Waals surface area contributed by atoms with Crippen LogP contribution in [0, 0.1) is 0 Å². The van der Waals surface area contributed by atoms with Gasteiger partial charge in [-0.25, -0.2) is 4.98 Å². The first-order chi connectivity index (χ1) is 17.3. The Morgan fingerprint density at radius 2 is 1.76 bits per heavy atom. The van der Waals surface area contributed by atoms with Gasteiger partial charge in [-0.3, -0.25) is 4.79 Å². The number of fused-ring (bicyclic) bond motifs is 1. The minimum atomic E-state index is -4.81. The molecule has 0 unspecified atom stereocenters. The second-order valence-electron chi connectivity index (χ2n) is 8.64. The van der Waals surface area contributed by atoms with Gasteiger partial charge in [0, 0.05) is 35.2 Å². The molecule has 0 aliphatic heterocycles. The van der Waals surface area contributed by atoms with E-state index in [0.717, 1.165) is 13.2 Å². The molecule has 1 saturated carbocycles. The average molecular weight is 567 g/mol. The quantitative estimate of drug-likeness (QED) is 0.354. The van der Waals surface area contributed by atoms with Crippen LogP contribution in [0.2, 0.25) is 5.02 Å². The van der Waals surface area contributed by atoms with Crippen molar-refractivity contribution in [1.82, 2.24) is 15.3 Å². The molecule has 1 aliphatic rings. The molecule has 0 radical (unpaired) electrons. The fourth-order valence-electron chi connectivity index (χ4n) is 4.41. The van der Waals surface area contributed by atoms with E-state index in [1.54, 1.807) is 18.0 Å². The number of carbonyl (C=O) groups is 1. The van der Waals surface area contributed by atoms with E-state index < -0.39 is 40.6 Å². The minimum Gasteiger partial charge on any atom is -0.473 e. The number of ether oxygens (including phenoxy) is 1. The Morgan fingerprint density at radius 1 is 1.08 bits per heavy atom. The van der Waals surface area contributed by atoms with Crippen LogP contribution in [0.5, 0.6) is 5.19 Å². The van der Waals surface area contributed by atoms with E-state index in [4.69, 9.17) is 16.3 Å².